The van der Waals surface area contributed by atoms with Crippen molar-refractivity contribution in [1.82, 2.24) is 14.5 Å². The van der Waals surface area contributed by atoms with Gasteiger partial charge in [0.2, 0.25) is 0 Å². The molecule has 1 aliphatic rings. The molecule has 1 amide bonds. The number of carbonyl (C=O) groups excluding carboxylic acids is 1. The quantitative estimate of drug-likeness (QED) is 0.301. The molecule has 0 radical (unpaired) electrons. The molecule has 1 aromatic heterocycles. The smallest absolute Gasteiger partial charge is 0.254 e. The second-order valence-corrected chi connectivity index (χ2v) is 9.99. The van der Waals surface area contributed by atoms with E-state index in [0.717, 1.165) is 41.1 Å². The zero-order valence-corrected chi connectivity index (χ0v) is 20.3. The van der Waals surface area contributed by atoms with E-state index in [1.165, 1.54) is 18.4 Å². The molecule has 0 spiro atoms. The van der Waals surface area contributed by atoms with Gasteiger partial charge in [-0.1, -0.05) is 74.0 Å². The minimum atomic E-state index is -0.106. The lowest BCUT2D eigenvalue weighted by Crippen LogP contribution is -2.40. The average molecular weight is 452 g/mol. The molecular weight excluding hydrogens is 418 g/mol. The summed E-state index contributed by atoms with van der Waals surface area (Å²) in [6.45, 7) is 7.98. The van der Waals surface area contributed by atoms with E-state index in [9.17, 15) is 4.79 Å². The Labute approximate surface area is 202 Å². The van der Waals surface area contributed by atoms with Crippen LogP contribution in [0.25, 0.3) is 11.0 Å². The predicted molar refractivity (Wildman–Crippen MR) is 138 cm³/mol. The molecular formula is C30H33N3O. The molecule has 34 heavy (non-hydrogen) atoms. The van der Waals surface area contributed by atoms with Gasteiger partial charge < -0.3 is 9.47 Å². The number of amides is 1. The number of aromatic nitrogens is 2. The van der Waals surface area contributed by atoms with Crippen LogP contribution < -0.4 is 0 Å². The molecule has 1 aliphatic carbocycles. The fourth-order valence-corrected chi connectivity index (χ4v) is 4.81. The molecule has 0 saturated heterocycles. The Morgan fingerprint density at radius 3 is 2.32 bits per heavy atom. The second-order valence-electron chi connectivity index (χ2n) is 9.99. The molecule has 5 rings (SSSR count). The monoisotopic (exact) mass is 451 g/mol. The summed E-state index contributed by atoms with van der Waals surface area (Å²) < 4.78 is 2.32. The van der Waals surface area contributed by atoms with Gasteiger partial charge >= 0.3 is 0 Å². The van der Waals surface area contributed by atoms with Crippen LogP contribution in [0.15, 0.2) is 78.9 Å². The summed E-state index contributed by atoms with van der Waals surface area (Å²) in [6.07, 6.45) is 2.39. The van der Waals surface area contributed by atoms with E-state index < -0.39 is 0 Å². The molecule has 1 heterocycles. The molecule has 1 unspecified atom stereocenters. The third kappa shape index (κ3) is 4.63. The first kappa shape index (κ1) is 22.4. The second kappa shape index (κ2) is 9.46. The van der Waals surface area contributed by atoms with Gasteiger partial charge in [-0.2, -0.15) is 0 Å². The summed E-state index contributed by atoms with van der Waals surface area (Å²) >= 11 is 0. The van der Waals surface area contributed by atoms with Crippen molar-refractivity contribution in [3.63, 3.8) is 0 Å². The maximum absolute atomic E-state index is 13.9. The molecule has 0 bridgehead atoms. The maximum Gasteiger partial charge on any atom is 0.254 e. The van der Waals surface area contributed by atoms with Crippen molar-refractivity contribution in [2.75, 3.05) is 6.54 Å². The molecule has 1 saturated carbocycles. The van der Waals surface area contributed by atoms with E-state index in [2.05, 4.69) is 72.7 Å². The highest BCUT2D eigenvalue weighted by Gasteiger charge is 2.36. The Morgan fingerprint density at radius 1 is 0.971 bits per heavy atom. The van der Waals surface area contributed by atoms with Crippen molar-refractivity contribution in [1.29, 1.82) is 0 Å². The summed E-state index contributed by atoms with van der Waals surface area (Å²) in [5.74, 6) is 1.88. The lowest BCUT2D eigenvalue weighted by atomic mass is 9.99. The number of para-hydroxylation sites is 2. The van der Waals surface area contributed by atoms with Crippen molar-refractivity contribution < 1.29 is 4.79 Å². The van der Waals surface area contributed by atoms with Gasteiger partial charge in [-0.3, -0.25) is 4.79 Å². The van der Waals surface area contributed by atoms with Crippen molar-refractivity contribution in [3.8, 4) is 0 Å². The van der Waals surface area contributed by atoms with Gasteiger partial charge in [0.1, 0.15) is 5.82 Å². The maximum atomic E-state index is 13.9. The van der Waals surface area contributed by atoms with Gasteiger partial charge in [0.05, 0.1) is 17.1 Å². The summed E-state index contributed by atoms with van der Waals surface area (Å²) in [7, 11) is 0. The number of hydrogen-bond acceptors (Lipinski definition) is 2. The van der Waals surface area contributed by atoms with E-state index in [1.54, 1.807) is 0 Å². The molecule has 3 aromatic carbocycles. The zero-order chi connectivity index (χ0) is 23.7. The largest absolute Gasteiger partial charge is 0.328 e. The fourth-order valence-electron chi connectivity index (χ4n) is 4.81. The molecule has 0 aliphatic heterocycles. The molecule has 1 fully saturated rings. The SMILES string of the molecule is Cc1ccc(C(=O)N(CC2CC2)C(c2nc3ccccc3n2Cc2ccccc2)C(C)C)cc1. The molecule has 4 aromatic rings. The minimum Gasteiger partial charge on any atom is -0.328 e. The number of carbonyl (C=O) groups is 1. The highest BCUT2D eigenvalue weighted by molar-refractivity contribution is 5.94. The molecule has 174 valence electrons. The van der Waals surface area contributed by atoms with Gasteiger partial charge in [0.25, 0.3) is 5.91 Å². The number of aryl methyl sites for hydroxylation is 1. The Bertz CT molecular complexity index is 1270. The summed E-state index contributed by atoms with van der Waals surface area (Å²) in [5.41, 5.74) is 5.24. The first-order valence-electron chi connectivity index (χ1n) is 12.4. The Morgan fingerprint density at radius 2 is 1.65 bits per heavy atom. The van der Waals surface area contributed by atoms with E-state index in [-0.39, 0.29) is 17.9 Å². The first-order valence-corrected chi connectivity index (χ1v) is 12.4. The van der Waals surface area contributed by atoms with Gasteiger partial charge in [-0.15, -0.1) is 0 Å². The van der Waals surface area contributed by atoms with Crippen LogP contribution in [0.1, 0.15) is 60.0 Å². The van der Waals surface area contributed by atoms with E-state index >= 15 is 0 Å². The predicted octanol–water partition coefficient (Wildman–Crippen LogP) is 6.64. The van der Waals surface area contributed by atoms with Crippen molar-refractivity contribution in [2.24, 2.45) is 11.8 Å². The van der Waals surface area contributed by atoms with Gasteiger partial charge in [0.15, 0.2) is 0 Å². The minimum absolute atomic E-state index is 0.101. The topological polar surface area (TPSA) is 38.1 Å². The first-order chi connectivity index (χ1) is 16.5. The highest BCUT2D eigenvalue weighted by Crippen LogP contribution is 2.37. The summed E-state index contributed by atoms with van der Waals surface area (Å²) in [4.78, 5) is 21.2. The van der Waals surface area contributed by atoms with Crippen LogP contribution in [-0.4, -0.2) is 26.9 Å². The van der Waals surface area contributed by atoms with Crippen LogP contribution in [0.3, 0.4) is 0 Å². The van der Waals surface area contributed by atoms with Gasteiger partial charge in [-0.25, -0.2) is 4.98 Å². The number of benzene rings is 3. The molecule has 1 atom stereocenters. The van der Waals surface area contributed by atoms with Crippen LogP contribution in [0, 0.1) is 18.8 Å². The van der Waals surface area contributed by atoms with Gasteiger partial charge in [-0.05, 0) is 61.4 Å². The van der Waals surface area contributed by atoms with E-state index in [4.69, 9.17) is 4.98 Å². The van der Waals surface area contributed by atoms with Gasteiger partial charge in [0, 0.05) is 18.7 Å². The standard InChI is InChI=1S/C30H33N3O/c1-21(2)28(33(20-24-15-16-24)30(34)25-17-13-22(3)14-18-25)29-31-26-11-7-8-12-27(26)32(29)19-23-9-5-4-6-10-23/h4-14,17-18,21,24,28H,15-16,19-20H2,1-3H3. The lowest BCUT2D eigenvalue weighted by molar-refractivity contribution is 0.0593. The highest BCUT2D eigenvalue weighted by atomic mass is 16.2. The number of hydrogen-bond donors (Lipinski definition) is 0. The van der Waals surface area contributed by atoms with Crippen LogP contribution in [0.2, 0.25) is 0 Å². The molecule has 4 heteroatoms. The normalized spacial score (nSPS) is 14.5. The van der Waals surface area contributed by atoms with Crippen LogP contribution >= 0.6 is 0 Å². The van der Waals surface area contributed by atoms with Crippen molar-refractivity contribution >= 4 is 16.9 Å². The third-order valence-corrected chi connectivity index (χ3v) is 6.81. The zero-order valence-electron chi connectivity index (χ0n) is 20.3. The fraction of sp³-hybridized carbons (Fsp3) is 0.333. The number of imidazole rings is 1. The summed E-state index contributed by atoms with van der Waals surface area (Å²) in [5, 5.41) is 0. The van der Waals surface area contributed by atoms with Crippen molar-refractivity contribution in [2.45, 2.75) is 46.2 Å². The lowest BCUT2D eigenvalue weighted by Gasteiger charge is -2.35. The Kier molecular flexibility index (Phi) is 6.23. The van der Waals surface area contributed by atoms with Crippen LogP contribution in [0.5, 0.6) is 0 Å². The Balaban J connectivity index is 1.61. The molecule has 4 nitrogen and oxygen atoms in total. The molecule has 0 N–H and O–H groups in total. The number of rotatable bonds is 8. The average Bonchev–Trinajstić information content (AvgIpc) is 3.60. The van der Waals surface area contributed by atoms with E-state index in [1.807, 2.05) is 36.4 Å². The third-order valence-electron chi connectivity index (χ3n) is 6.81. The van der Waals surface area contributed by atoms with E-state index in [0.29, 0.717) is 5.92 Å². The number of fused-ring (bicyclic) bond motifs is 1. The summed E-state index contributed by atoms with van der Waals surface area (Å²) in [6, 6.07) is 26.7. The number of nitrogens with zero attached hydrogens (tertiary/aromatic N) is 3. The van der Waals surface area contributed by atoms with Crippen molar-refractivity contribution in [3.05, 3.63) is 101 Å². The van der Waals surface area contributed by atoms with Crippen LogP contribution in [0.4, 0.5) is 0 Å². The Hall–Kier alpha value is -3.40. The van der Waals surface area contributed by atoms with Crippen LogP contribution in [-0.2, 0) is 6.54 Å².